The largest absolute Gasteiger partial charge is 0.392 e. The summed E-state index contributed by atoms with van der Waals surface area (Å²) in [7, 11) is 0. The average Bonchev–Trinajstić information content (AvgIpc) is 1.87. The fourth-order valence-corrected chi connectivity index (χ4v) is 1.70. The molecule has 0 aromatic carbocycles. The molecule has 0 aliphatic carbocycles. The quantitative estimate of drug-likeness (QED) is 0.681. The van der Waals surface area contributed by atoms with E-state index in [4.69, 9.17) is 10.2 Å². The molecule has 4 unspecified atom stereocenters. The van der Waals surface area contributed by atoms with Crippen LogP contribution >= 0.6 is 11.8 Å². The molecule has 0 fully saturated rings. The van der Waals surface area contributed by atoms with Crippen molar-refractivity contribution in [3.8, 4) is 0 Å². The normalized spacial score (nSPS) is 22.4. The molecule has 11 heavy (non-hydrogen) atoms. The molecule has 68 valence electrons. The van der Waals surface area contributed by atoms with Crippen LogP contribution in [-0.2, 0) is 0 Å². The van der Waals surface area contributed by atoms with Gasteiger partial charge in [0, 0.05) is 10.5 Å². The molecule has 0 saturated carbocycles. The Morgan fingerprint density at radius 2 is 1.09 bits per heavy atom. The molecule has 0 radical (unpaired) electrons. The predicted molar refractivity (Wildman–Crippen MR) is 49.9 cm³/mol. The Labute approximate surface area is 73.0 Å². The third kappa shape index (κ3) is 4.67. The number of aliphatic hydroxyl groups excluding tert-OH is 2. The third-order valence-electron chi connectivity index (χ3n) is 1.79. The summed E-state index contributed by atoms with van der Waals surface area (Å²) >= 11 is 1.62. The van der Waals surface area contributed by atoms with E-state index in [1.807, 2.05) is 13.8 Å². The van der Waals surface area contributed by atoms with Crippen LogP contribution in [-0.4, -0.2) is 32.9 Å². The van der Waals surface area contributed by atoms with Crippen molar-refractivity contribution in [2.45, 2.75) is 50.4 Å². The number of hydrogen-bond donors (Lipinski definition) is 2. The summed E-state index contributed by atoms with van der Waals surface area (Å²) in [6.45, 7) is 7.47. The van der Waals surface area contributed by atoms with Gasteiger partial charge in [-0.3, -0.25) is 0 Å². The van der Waals surface area contributed by atoms with Gasteiger partial charge in [0.2, 0.25) is 0 Å². The second-order valence-corrected chi connectivity index (χ2v) is 4.79. The third-order valence-corrected chi connectivity index (χ3v) is 3.43. The molecule has 3 heteroatoms. The Kier molecular flexibility index (Phi) is 5.13. The van der Waals surface area contributed by atoms with Crippen molar-refractivity contribution in [3.05, 3.63) is 0 Å². The molecule has 0 spiro atoms. The molecule has 2 N–H and O–H groups in total. The van der Waals surface area contributed by atoms with Crippen molar-refractivity contribution >= 4 is 11.8 Å². The molecule has 0 aliphatic heterocycles. The van der Waals surface area contributed by atoms with Gasteiger partial charge in [0.25, 0.3) is 0 Å². The molecule has 2 nitrogen and oxygen atoms in total. The van der Waals surface area contributed by atoms with E-state index in [1.54, 1.807) is 25.6 Å². The second-order valence-electron chi connectivity index (χ2n) is 3.03. The SMILES string of the molecule is CC(O)C(C)SC(C)C(C)O. The smallest absolute Gasteiger partial charge is 0.0628 e. The first-order valence-electron chi connectivity index (χ1n) is 3.96. The van der Waals surface area contributed by atoms with Crippen molar-refractivity contribution in [1.82, 2.24) is 0 Å². The zero-order valence-electron chi connectivity index (χ0n) is 7.61. The van der Waals surface area contributed by atoms with E-state index in [1.165, 1.54) is 0 Å². The molecular weight excluding hydrogens is 160 g/mol. The van der Waals surface area contributed by atoms with Crippen LogP contribution in [0, 0.1) is 0 Å². The maximum Gasteiger partial charge on any atom is 0.0628 e. The Morgan fingerprint density at radius 3 is 1.27 bits per heavy atom. The summed E-state index contributed by atoms with van der Waals surface area (Å²) in [4.78, 5) is 0. The van der Waals surface area contributed by atoms with Gasteiger partial charge in [-0.1, -0.05) is 13.8 Å². The Hall–Kier alpha value is 0.270. The van der Waals surface area contributed by atoms with E-state index in [0.717, 1.165) is 0 Å². The van der Waals surface area contributed by atoms with E-state index in [2.05, 4.69) is 0 Å². The average molecular weight is 178 g/mol. The van der Waals surface area contributed by atoms with Gasteiger partial charge in [0.1, 0.15) is 0 Å². The van der Waals surface area contributed by atoms with Crippen molar-refractivity contribution in [2.24, 2.45) is 0 Å². The lowest BCUT2D eigenvalue weighted by Crippen LogP contribution is -2.23. The molecular formula is C8H18O2S. The monoisotopic (exact) mass is 178 g/mol. The lowest BCUT2D eigenvalue weighted by atomic mass is 10.3. The number of rotatable bonds is 4. The Morgan fingerprint density at radius 1 is 0.818 bits per heavy atom. The summed E-state index contributed by atoms with van der Waals surface area (Å²) in [5.74, 6) is 0. The molecule has 0 amide bonds. The van der Waals surface area contributed by atoms with Crippen LogP contribution in [0.3, 0.4) is 0 Å². The molecule has 0 heterocycles. The van der Waals surface area contributed by atoms with Crippen LogP contribution in [0.15, 0.2) is 0 Å². The van der Waals surface area contributed by atoms with E-state index < -0.39 is 0 Å². The fraction of sp³-hybridized carbons (Fsp3) is 1.00. The molecule has 4 atom stereocenters. The predicted octanol–water partition coefficient (Wildman–Crippen LogP) is 1.26. The van der Waals surface area contributed by atoms with Gasteiger partial charge >= 0.3 is 0 Å². The van der Waals surface area contributed by atoms with E-state index in [-0.39, 0.29) is 22.7 Å². The molecule has 0 aliphatic rings. The standard InChI is InChI=1S/C8H18O2S/c1-5(9)7(3)11-8(4)6(2)10/h5-10H,1-4H3. The summed E-state index contributed by atoms with van der Waals surface area (Å²) in [5.41, 5.74) is 0. The summed E-state index contributed by atoms with van der Waals surface area (Å²) in [6.07, 6.45) is -0.609. The van der Waals surface area contributed by atoms with Gasteiger partial charge < -0.3 is 10.2 Å². The van der Waals surface area contributed by atoms with Crippen molar-refractivity contribution in [3.63, 3.8) is 0 Å². The molecule has 0 saturated heterocycles. The van der Waals surface area contributed by atoms with Crippen LogP contribution in [0.25, 0.3) is 0 Å². The fourth-order valence-electron chi connectivity index (χ4n) is 0.566. The second kappa shape index (κ2) is 5.01. The first kappa shape index (κ1) is 11.3. The van der Waals surface area contributed by atoms with E-state index in [0.29, 0.717) is 0 Å². The topological polar surface area (TPSA) is 40.5 Å². The van der Waals surface area contributed by atoms with Crippen LogP contribution in [0.2, 0.25) is 0 Å². The zero-order valence-corrected chi connectivity index (χ0v) is 8.43. The minimum absolute atomic E-state index is 0.194. The van der Waals surface area contributed by atoms with Gasteiger partial charge in [-0.25, -0.2) is 0 Å². The molecule has 0 rings (SSSR count). The minimum Gasteiger partial charge on any atom is -0.392 e. The summed E-state index contributed by atoms with van der Waals surface area (Å²) in [5, 5.41) is 18.7. The van der Waals surface area contributed by atoms with Crippen LogP contribution in [0.5, 0.6) is 0 Å². The number of hydrogen-bond acceptors (Lipinski definition) is 3. The van der Waals surface area contributed by atoms with Gasteiger partial charge in [0.05, 0.1) is 12.2 Å². The maximum absolute atomic E-state index is 9.15. The first-order chi connectivity index (χ1) is 4.95. The van der Waals surface area contributed by atoms with Crippen LogP contribution < -0.4 is 0 Å². The number of thioether (sulfide) groups is 1. The highest BCUT2D eigenvalue weighted by Gasteiger charge is 2.16. The Balaban J connectivity index is 3.66. The van der Waals surface area contributed by atoms with E-state index in [9.17, 15) is 0 Å². The highest BCUT2D eigenvalue weighted by molar-refractivity contribution is 8.00. The van der Waals surface area contributed by atoms with Crippen molar-refractivity contribution in [2.75, 3.05) is 0 Å². The van der Waals surface area contributed by atoms with Crippen molar-refractivity contribution < 1.29 is 10.2 Å². The van der Waals surface area contributed by atoms with Crippen LogP contribution in [0.4, 0.5) is 0 Å². The highest BCUT2D eigenvalue weighted by Crippen LogP contribution is 2.22. The minimum atomic E-state index is -0.304. The highest BCUT2D eigenvalue weighted by atomic mass is 32.2. The molecule has 0 aromatic rings. The molecule has 0 aromatic heterocycles. The summed E-state index contributed by atoms with van der Waals surface area (Å²) < 4.78 is 0. The maximum atomic E-state index is 9.15. The Bertz CT molecular complexity index is 92.3. The first-order valence-corrected chi connectivity index (χ1v) is 4.91. The number of aliphatic hydroxyl groups is 2. The van der Waals surface area contributed by atoms with Gasteiger partial charge in [-0.15, -0.1) is 0 Å². The van der Waals surface area contributed by atoms with Gasteiger partial charge in [0.15, 0.2) is 0 Å². The van der Waals surface area contributed by atoms with Crippen molar-refractivity contribution in [1.29, 1.82) is 0 Å². The lowest BCUT2D eigenvalue weighted by molar-refractivity contribution is 0.188. The summed E-state index contributed by atoms with van der Waals surface area (Å²) in [6, 6.07) is 0. The van der Waals surface area contributed by atoms with Gasteiger partial charge in [-0.2, -0.15) is 11.8 Å². The van der Waals surface area contributed by atoms with Gasteiger partial charge in [-0.05, 0) is 13.8 Å². The van der Waals surface area contributed by atoms with E-state index >= 15 is 0 Å². The molecule has 0 bridgehead atoms. The zero-order chi connectivity index (χ0) is 9.02. The lowest BCUT2D eigenvalue weighted by Gasteiger charge is -2.20. The van der Waals surface area contributed by atoms with Crippen LogP contribution in [0.1, 0.15) is 27.7 Å².